The van der Waals surface area contributed by atoms with E-state index >= 15 is 0 Å². The number of carbonyl (C=O) groups is 1. The molecule has 0 saturated carbocycles. The van der Waals surface area contributed by atoms with E-state index in [9.17, 15) is 14.7 Å². The van der Waals surface area contributed by atoms with E-state index in [4.69, 9.17) is 0 Å². The maximum Gasteiger partial charge on any atom is 0.263 e. The minimum atomic E-state index is -0.558. The van der Waals surface area contributed by atoms with Crippen LogP contribution >= 0.6 is 0 Å². The van der Waals surface area contributed by atoms with Gasteiger partial charge in [0.15, 0.2) is 0 Å². The summed E-state index contributed by atoms with van der Waals surface area (Å²) >= 11 is 0. The number of aryl methyl sites for hydroxylation is 2. The Morgan fingerprint density at radius 1 is 0.839 bits per heavy atom. The second-order valence-corrected chi connectivity index (χ2v) is 8.35. The van der Waals surface area contributed by atoms with E-state index in [1.807, 2.05) is 30.3 Å². The molecule has 3 aromatic rings. The number of unbranched alkanes of at least 4 members (excludes halogenated alkanes) is 5. The molecule has 4 heteroatoms. The van der Waals surface area contributed by atoms with Crippen molar-refractivity contribution in [2.45, 2.75) is 71.6 Å². The Kier molecular flexibility index (Phi) is 8.05. The van der Waals surface area contributed by atoms with Gasteiger partial charge < -0.3 is 10.1 Å². The molecule has 0 aliphatic rings. The zero-order valence-corrected chi connectivity index (χ0v) is 18.7. The van der Waals surface area contributed by atoms with Crippen LogP contribution in [0.3, 0.4) is 0 Å². The number of nitrogens with one attached hydrogen (secondary N) is 1. The van der Waals surface area contributed by atoms with Crippen molar-refractivity contribution in [2.75, 3.05) is 0 Å². The maximum atomic E-state index is 13.1. The quantitative estimate of drug-likeness (QED) is 0.282. The SMILES string of the molecule is CCCCCCc1ccc2[nH]c(=O)c(C(=O)c3ccc(CCCCC)cc3)c(O)c2c1. The van der Waals surface area contributed by atoms with E-state index in [1.54, 1.807) is 12.1 Å². The van der Waals surface area contributed by atoms with Crippen molar-refractivity contribution in [3.05, 3.63) is 75.1 Å². The lowest BCUT2D eigenvalue weighted by atomic mass is 9.98. The molecule has 0 fully saturated rings. The average Bonchev–Trinajstić information content (AvgIpc) is 2.77. The number of hydrogen-bond donors (Lipinski definition) is 2. The van der Waals surface area contributed by atoms with E-state index in [2.05, 4.69) is 18.8 Å². The molecule has 0 unspecified atom stereocenters. The number of rotatable bonds is 11. The first-order valence-corrected chi connectivity index (χ1v) is 11.6. The number of H-pyrrole nitrogens is 1. The summed E-state index contributed by atoms with van der Waals surface area (Å²) in [6.07, 6.45) is 10.0. The molecular formula is C27H33NO3. The number of aromatic amines is 1. The van der Waals surface area contributed by atoms with Crippen LogP contribution in [0.5, 0.6) is 5.75 Å². The first-order valence-electron chi connectivity index (χ1n) is 11.6. The van der Waals surface area contributed by atoms with Crippen molar-refractivity contribution in [2.24, 2.45) is 0 Å². The molecular weight excluding hydrogens is 386 g/mol. The van der Waals surface area contributed by atoms with Gasteiger partial charge in [0.25, 0.3) is 5.56 Å². The molecule has 0 aliphatic carbocycles. The van der Waals surface area contributed by atoms with E-state index in [0.29, 0.717) is 16.5 Å². The fraction of sp³-hybridized carbons (Fsp3) is 0.407. The number of aromatic nitrogens is 1. The lowest BCUT2D eigenvalue weighted by Crippen LogP contribution is -2.19. The van der Waals surface area contributed by atoms with E-state index in [1.165, 1.54) is 37.7 Å². The van der Waals surface area contributed by atoms with Crippen molar-refractivity contribution in [1.29, 1.82) is 0 Å². The zero-order valence-electron chi connectivity index (χ0n) is 18.7. The van der Waals surface area contributed by atoms with Crippen LogP contribution in [-0.2, 0) is 12.8 Å². The third kappa shape index (κ3) is 5.63. The summed E-state index contributed by atoms with van der Waals surface area (Å²) in [5, 5.41) is 11.4. The minimum Gasteiger partial charge on any atom is -0.506 e. The van der Waals surface area contributed by atoms with Gasteiger partial charge in [0.05, 0.1) is 5.52 Å². The van der Waals surface area contributed by atoms with E-state index in [-0.39, 0.29) is 11.3 Å². The molecule has 2 N–H and O–H groups in total. The van der Waals surface area contributed by atoms with Crippen molar-refractivity contribution in [3.63, 3.8) is 0 Å². The average molecular weight is 420 g/mol. The van der Waals surface area contributed by atoms with E-state index < -0.39 is 11.3 Å². The van der Waals surface area contributed by atoms with Gasteiger partial charge in [0, 0.05) is 10.9 Å². The highest BCUT2D eigenvalue weighted by molar-refractivity contribution is 6.12. The van der Waals surface area contributed by atoms with Crippen LogP contribution in [0.4, 0.5) is 0 Å². The smallest absolute Gasteiger partial charge is 0.263 e. The fourth-order valence-corrected chi connectivity index (χ4v) is 3.99. The molecule has 31 heavy (non-hydrogen) atoms. The Bertz CT molecular complexity index is 1080. The molecule has 2 aromatic carbocycles. The Labute approximate surface area is 184 Å². The highest BCUT2D eigenvalue weighted by atomic mass is 16.3. The van der Waals surface area contributed by atoms with E-state index in [0.717, 1.165) is 31.2 Å². The van der Waals surface area contributed by atoms with Crippen LogP contribution in [0.25, 0.3) is 10.9 Å². The summed E-state index contributed by atoms with van der Waals surface area (Å²) < 4.78 is 0. The van der Waals surface area contributed by atoms with Crippen LogP contribution in [-0.4, -0.2) is 15.9 Å². The summed E-state index contributed by atoms with van der Waals surface area (Å²) in [7, 11) is 0. The molecule has 0 aliphatic heterocycles. The first kappa shape index (κ1) is 22.8. The van der Waals surface area contributed by atoms with Crippen LogP contribution in [0.15, 0.2) is 47.3 Å². The van der Waals surface area contributed by atoms with Gasteiger partial charge in [0.2, 0.25) is 5.78 Å². The standard InChI is InChI=1S/C27H33NO3/c1-3-5-7-9-11-20-14-17-23-22(18-20)26(30)24(27(31)28-23)25(29)21-15-12-19(13-16-21)10-8-6-4-2/h12-18H,3-11H2,1-2H3,(H2,28,30,31). The Morgan fingerprint density at radius 2 is 1.45 bits per heavy atom. The Balaban J connectivity index is 1.86. The van der Waals surface area contributed by atoms with Gasteiger partial charge in [-0.15, -0.1) is 0 Å². The van der Waals surface area contributed by atoms with Gasteiger partial charge in [-0.05, 0) is 48.9 Å². The van der Waals surface area contributed by atoms with Crippen molar-refractivity contribution < 1.29 is 9.90 Å². The Morgan fingerprint density at radius 3 is 2.16 bits per heavy atom. The first-order chi connectivity index (χ1) is 15.0. The largest absolute Gasteiger partial charge is 0.506 e. The van der Waals surface area contributed by atoms with Gasteiger partial charge in [-0.1, -0.05) is 76.3 Å². The number of benzene rings is 2. The molecule has 1 heterocycles. The molecule has 0 spiro atoms. The molecule has 0 saturated heterocycles. The highest BCUT2D eigenvalue weighted by Crippen LogP contribution is 2.28. The highest BCUT2D eigenvalue weighted by Gasteiger charge is 2.21. The number of hydrogen-bond acceptors (Lipinski definition) is 3. The van der Waals surface area contributed by atoms with Gasteiger partial charge in [-0.25, -0.2) is 0 Å². The molecule has 0 amide bonds. The number of carbonyl (C=O) groups excluding carboxylic acids is 1. The number of fused-ring (bicyclic) bond motifs is 1. The summed E-state index contributed by atoms with van der Waals surface area (Å²) in [5.74, 6) is -0.680. The Hall–Kier alpha value is -2.88. The second-order valence-electron chi connectivity index (χ2n) is 8.35. The van der Waals surface area contributed by atoms with Crippen molar-refractivity contribution in [3.8, 4) is 5.75 Å². The zero-order chi connectivity index (χ0) is 22.2. The molecule has 0 radical (unpaired) electrons. The van der Waals surface area contributed by atoms with Crippen LogP contribution in [0, 0.1) is 0 Å². The predicted molar refractivity (Wildman–Crippen MR) is 127 cm³/mol. The molecule has 0 atom stereocenters. The number of aromatic hydroxyl groups is 1. The maximum absolute atomic E-state index is 13.1. The molecule has 164 valence electrons. The molecule has 3 rings (SSSR count). The summed E-state index contributed by atoms with van der Waals surface area (Å²) in [5.41, 5.74) is 2.49. The lowest BCUT2D eigenvalue weighted by Gasteiger charge is -2.09. The number of ketones is 1. The molecule has 0 bridgehead atoms. The summed E-state index contributed by atoms with van der Waals surface area (Å²) in [6, 6.07) is 13.0. The lowest BCUT2D eigenvalue weighted by molar-refractivity contribution is 0.103. The minimum absolute atomic E-state index is 0.186. The predicted octanol–water partition coefficient (Wildman–Crippen LogP) is 6.32. The van der Waals surface area contributed by atoms with Gasteiger partial charge in [-0.2, -0.15) is 0 Å². The van der Waals surface area contributed by atoms with Crippen LogP contribution in [0.2, 0.25) is 0 Å². The second kappa shape index (κ2) is 10.9. The normalized spacial score (nSPS) is 11.2. The van der Waals surface area contributed by atoms with Gasteiger partial charge in [-0.3, -0.25) is 9.59 Å². The van der Waals surface area contributed by atoms with Crippen LogP contribution in [0.1, 0.15) is 85.8 Å². The fourth-order valence-electron chi connectivity index (χ4n) is 3.99. The van der Waals surface area contributed by atoms with Gasteiger partial charge in [0.1, 0.15) is 11.3 Å². The van der Waals surface area contributed by atoms with Gasteiger partial charge >= 0.3 is 0 Å². The summed E-state index contributed by atoms with van der Waals surface area (Å²) in [6.45, 7) is 4.35. The third-order valence-electron chi connectivity index (χ3n) is 5.88. The number of pyridine rings is 1. The van der Waals surface area contributed by atoms with Crippen molar-refractivity contribution in [1.82, 2.24) is 4.98 Å². The molecule has 4 nitrogen and oxygen atoms in total. The van der Waals surface area contributed by atoms with Crippen LogP contribution < -0.4 is 5.56 Å². The monoisotopic (exact) mass is 419 g/mol. The molecule has 1 aromatic heterocycles. The topological polar surface area (TPSA) is 70.2 Å². The summed E-state index contributed by atoms with van der Waals surface area (Å²) in [4.78, 5) is 28.4. The third-order valence-corrected chi connectivity index (χ3v) is 5.88. The van der Waals surface area contributed by atoms with Crippen molar-refractivity contribution >= 4 is 16.7 Å².